The lowest BCUT2D eigenvalue weighted by Crippen LogP contribution is -2.53. The molecule has 0 aromatic heterocycles. The highest BCUT2D eigenvalue weighted by Crippen LogP contribution is 2.13. The number of hydrogen-bond donors (Lipinski definition) is 2. The van der Waals surface area contributed by atoms with E-state index in [1.165, 1.54) is 0 Å². The number of rotatable bonds is 3. The molecule has 1 unspecified atom stereocenters. The van der Waals surface area contributed by atoms with Crippen LogP contribution in [0.4, 0.5) is 4.79 Å². The summed E-state index contributed by atoms with van der Waals surface area (Å²) in [7, 11) is 0. The standard InChI is InChI=1S/C14H23N3O4S/c1-2-21-14(20)17-6-3-10(4-7-17)15-13(19)11-9-22-8-5-12(18)16-11/h10-11H,2-9H2,1H3,(H,15,19)(H,16,18). The van der Waals surface area contributed by atoms with Crippen molar-refractivity contribution in [3.8, 4) is 0 Å². The summed E-state index contributed by atoms with van der Waals surface area (Å²) in [5.74, 6) is 1.17. The minimum atomic E-state index is -0.455. The first-order chi connectivity index (χ1) is 10.6. The van der Waals surface area contributed by atoms with Gasteiger partial charge in [0, 0.05) is 37.1 Å². The van der Waals surface area contributed by atoms with Crippen molar-refractivity contribution in [2.24, 2.45) is 0 Å². The predicted octanol–water partition coefficient (Wildman–Crippen LogP) is 0.345. The molecule has 0 aliphatic carbocycles. The Morgan fingerprint density at radius 1 is 1.41 bits per heavy atom. The van der Waals surface area contributed by atoms with E-state index < -0.39 is 6.04 Å². The van der Waals surface area contributed by atoms with Crippen molar-refractivity contribution in [1.82, 2.24) is 15.5 Å². The third kappa shape index (κ3) is 4.79. The quantitative estimate of drug-likeness (QED) is 0.780. The van der Waals surface area contributed by atoms with Crippen LogP contribution in [-0.4, -0.2) is 66.1 Å². The van der Waals surface area contributed by atoms with Crippen LogP contribution in [0.1, 0.15) is 26.2 Å². The van der Waals surface area contributed by atoms with Crippen LogP contribution < -0.4 is 10.6 Å². The topological polar surface area (TPSA) is 87.7 Å². The minimum absolute atomic E-state index is 0.0448. The Bertz CT molecular complexity index is 424. The Kier molecular flexibility index (Phi) is 6.35. The molecule has 2 aliphatic rings. The fourth-order valence-corrected chi connectivity index (χ4v) is 3.51. The van der Waals surface area contributed by atoms with Crippen molar-refractivity contribution < 1.29 is 19.1 Å². The molecule has 7 nitrogen and oxygen atoms in total. The van der Waals surface area contributed by atoms with Crippen molar-refractivity contribution >= 4 is 29.7 Å². The van der Waals surface area contributed by atoms with E-state index in [-0.39, 0.29) is 23.9 Å². The average molecular weight is 329 g/mol. The first kappa shape index (κ1) is 16.9. The van der Waals surface area contributed by atoms with Gasteiger partial charge in [0.05, 0.1) is 6.61 Å². The molecule has 1 atom stereocenters. The number of amides is 3. The molecule has 0 bridgehead atoms. The van der Waals surface area contributed by atoms with Gasteiger partial charge in [0.2, 0.25) is 11.8 Å². The molecule has 0 aromatic carbocycles. The second-order valence-corrected chi connectivity index (χ2v) is 6.56. The molecular formula is C14H23N3O4S. The van der Waals surface area contributed by atoms with Crippen LogP contribution in [0.5, 0.6) is 0 Å². The second-order valence-electron chi connectivity index (χ2n) is 5.41. The zero-order valence-corrected chi connectivity index (χ0v) is 13.6. The molecule has 0 radical (unpaired) electrons. The lowest BCUT2D eigenvalue weighted by molar-refractivity contribution is -0.128. The number of likely N-dealkylation sites (tertiary alicyclic amines) is 1. The fraction of sp³-hybridized carbons (Fsp3) is 0.786. The highest BCUT2D eigenvalue weighted by atomic mass is 32.2. The Hall–Kier alpha value is -1.44. The van der Waals surface area contributed by atoms with Crippen LogP contribution in [-0.2, 0) is 14.3 Å². The zero-order valence-electron chi connectivity index (χ0n) is 12.8. The van der Waals surface area contributed by atoms with Gasteiger partial charge in [0.25, 0.3) is 0 Å². The number of nitrogens with zero attached hydrogens (tertiary/aromatic N) is 1. The van der Waals surface area contributed by atoms with Gasteiger partial charge in [-0.15, -0.1) is 0 Å². The van der Waals surface area contributed by atoms with E-state index in [1.807, 2.05) is 0 Å². The van der Waals surface area contributed by atoms with Gasteiger partial charge in [-0.2, -0.15) is 11.8 Å². The van der Waals surface area contributed by atoms with Crippen LogP contribution in [0.2, 0.25) is 0 Å². The van der Waals surface area contributed by atoms with Crippen molar-refractivity contribution in [2.75, 3.05) is 31.2 Å². The van der Waals surface area contributed by atoms with Crippen LogP contribution in [0.25, 0.3) is 0 Å². The molecule has 8 heteroatoms. The van der Waals surface area contributed by atoms with E-state index in [2.05, 4.69) is 10.6 Å². The molecule has 2 rings (SSSR count). The van der Waals surface area contributed by atoms with E-state index in [1.54, 1.807) is 23.6 Å². The van der Waals surface area contributed by atoms with Crippen molar-refractivity contribution in [3.05, 3.63) is 0 Å². The van der Waals surface area contributed by atoms with Gasteiger partial charge in [-0.05, 0) is 19.8 Å². The third-order valence-electron chi connectivity index (χ3n) is 3.78. The average Bonchev–Trinajstić information content (AvgIpc) is 2.73. The van der Waals surface area contributed by atoms with E-state index in [0.717, 1.165) is 5.75 Å². The number of thioether (sulfide) groups is 1. The lowest BCUT2D eigenvalue weighted by Gasteiger charge is -2.32. The first-order valence-corrected chi connectivity index (χ1v) is 8.84. The molecule has 2 aliphatic heterocycles. The van der Waals surface area contributed by atoms with Crippen molar-refractivity contribution in [2.45, 2.75) is 38.3 Å². The summed E-state index contributed by atoms with van der Waals surface area (Å²) in [4.78, 5) is 37.0. The molecule has 2 N–H and O–H groups in total. The monoisotopic (exact) mass is 329 g/mol. The summed E-state index contributed by atoms with van der Waals surface area (Å²) in [5.41, 5.74) is 0. The number of carbonyl (C=O) groups excluding carboxylic acids is 3. The van der Waals surface area contributed by atoms with E-state index in [9.17, 15) is 14.4 Å². The summed E-state index contributed by atoms with van der Waals surface area (Å²) in [6.45, 7) is 3.31. The molecule has 3 amide bonds. The van der Waals surface area contributed by atoms with E-state index in [4.69, 9.17) is 4.74 Å². The zero-order chi connectivity index (χ0) is 15.9. The van der Waals surface area contributed by atoms with Crippen molar-refractivity contribution in [1.29, 1.82) is 0 Å². The summed E-state index contributed by atoms with van der Waals surface area (Å²) in [6, 6.07) is -0.411. The first-order valence-electron chi connectivity index (χ1n) is 7.69. The molecule has 0 aromatic rings. The van der Waals surface area contributed by atoms with Crippen molar-refractivity contribution in [3.63, 3.8) is 0 Å². The molecular weight excluding hydrogens is 306 g/mol. The van der Waals surface area contributed by atoms with Crippen LogP contribution in [0, 0.1) is 0 Å². The highest BCUT2D eigenvalue weighted by molar-refractivity contribution is 7.99. The Balaban J connectivity index is 1.76. The summed E-state index contributed by atoms with van der Waals surface area (Å²) < 4.78 is 4.97. The fourth-order valence-electron chi connectivity index (χ4n) is 2.54. The van der Waals surface area contributed by atoms with Gasteiger partial charge in [0.15, 0.2) is 0 Å². The summed E-state index contributed by atoms with van der Waals surface area (Å²) >= 11 is 1.61. The third-order valence-corrected chi connectivity index (χ3v) is 4.84. The molecule has 2 heterocycles. The van der Waals surface area contributed by atoms with E-state index in [0.29, 0.717) is 44.7 Å². The Labute approximate surface area is 134 Å². The summed E-state index contributed by atoms with van der Waals surface area (Å²) in [5, 5.41) is 5.74. The summed E-state index contributed by atoms with van der Waals surface area (Å²) in [6.07, 6.45) is 1.59. The minimum Gasteiger partial charge on any atom is -0.450 e. The van der Waals surface area contributed by atoms with Gasteiger partial charge >= 0.3 is 6.09 Å². The van der Waals surface area contributed by atoms with Crippen LogP contribution in [0.3, 0.4) is 0 Å². The Morgan fingerprint density at radius 3 is 2.82 bits per heavy atom. The number of ether oxygens (including phenoxy) is 1. The molecule has 22 heavy (non-hydrogen) atoms. The number of carbonyl (C=O) groups is 3. The molecule has 124 valence electrons. The predicted molar refractivity (Wildman–Crippen MR) is 83.6 cm³/mol. The van der Waals surface area contributed by atoms with Gasteiger partial charge in [0.1, 0.15) is 6.04 Å². The largest absolute Gasteiger partial charge is 0.450 e. The maximum atomic E-state index is 12.2. The number of nitrogens with one attached hydrogen (secondary N) is 2. The number of hydrogen-bond acceptors (Lipinski definition) is 5. The Morgan fingerprint density at radius 2 is 2.14 bits per heavy atom. The molecule has 2 fully saturated rings. The maximum absolute atomic E-state index is 12.2. The van der Waals surface area contributed by atoms with Gasteiger partial charge in [-0.1, -0.05) is 0 Å². The van der Waals surface area contributed by atoms with Gasteiger partial charge in [-0.3, -0.25) is 9.59 Å². The van der Waals surface area contributed by atoms with Gasteiger partial charge < -0.3 is 20.3 Å². The van der Waals surface area contributed by atoms with Gasteiger partial charge in [-0.25, -0.2) is 4.79 Å². The highest BCUT2D eigenvalue weighted by Gasteiger charge is 2.28. The lowest BCUT2D eigenvalue weighted by atomic mass is 10.0. The maximum Gasteiger partial charge on any atom is 0.409 e. The smallest absolute Gasteiger partial charge is 0.409 e. The van der Waals surface area contributed by atoms with E-state index >= 15 is 0 Å². The normalized spacial score (nSPS) is 23.4. The molecule has 2 saturated heterocycles. The molecule has 0 spiro atoms. The molecule has 0 saturated carbocycles. The van der Waals surface area contributed by atoms with Crippen LogP contribution in [0.15, 0.2) is 0 Å². The second kappa shape index (κ2) is 8.26. The SMILES string of the molecule is CCOC(=O)N1CCC(NC(=O)C2CSCCC(=O)N2)CC1. The van der Waals surface area contributed by atoms with Crippen LogP contribution >= 0.6 is 11.8 Å². The number of piperidine rings is 1.